The van der Waals surface area contributed by atoms with Crippen LogP contribution in [-0.2, 0) is 9.84 Å². The maximum atomic E-state index is 12.4. The second-order valence-corrected chi connectivity index (χ2v) is 9.00. The summed E-state index contributed by atoms with van der Waals surface area (Å²) in [5.74, 6) is 0.543. The van der Waals surface area contributed by atoms with Gasteiger partial charge in [0, 0.05) is 18.8 Å². The van der Waals surface area contributed by atoms with Crippen LogP contribution in [0.4, 0.5) is 11.5 Å². The third-order valence-electron chi connectivity index (χ3n) is 4.48. The summed E-state index contributed by atoms with van der Waals surface area (Å²) >= 11 is 0. The summed E-state index contributed by atoms with van der Waals surface area (Å²) in [7, 11) is -1.17. The van der Waals surface area contributed by atoms with E-state index in [4.69, 9.17) is 0 Å². The van der Waals surface area contributed by atoms with Crippen molar-refractivity contribution < 1.29 is 13.2 Å². The smallest absolute Gasteiger partial charge is 0.276 e. The van der Waals surface area contributed by atoms with Gasteiger partial charge in [0.25, 0.3) is 5.91 Å². The topological polar surface area (TPSA) is 92.3 Å². The Morgan fingerprint density at radius 3 is 2.38 bits per heavy atom. The van der Waals surface area contributed by atoms with Crippen molar-refractivity contribution in [3.63, 3.8) is 0 Å². The summed E-state index contributed by atoms with van der Waals surface area (Å²) in [6, 6.07) is 8.99. The monoisotopic (exact) mass is 374 g/mol. The Labute approximate surface area is 153 Å². The van der Waals surface area contributed by atoms with Crippen LogP contribution in [-0.4, -0.2) is 49.1 Å². The van der Waals surface area contributed by atoms with E-state index >= 15 is 0 Å². The Balaban J connectivity index is 1.69. The van der Waals surface area contributed by atoms with Crippen LogP contribution in [0, 0.1) is 13.8 Å². The molecule has 2 aromatic rings. The molecule has 0 saturated carbocycles. The Hall–Kier alpha value is -2.48. The first-order valence-corrected chi connectivity index (χ1v) is 10.2. The van der Waals surface area contributed by atoms with Gasteiger partial charge >= 0.3 is 0 Å². The molecule has 7 nitrogen and oxygen atoms in total. The normalized spacial score (nSPS) is 18.5. The summed E-state index contributed by atoms with van der Waals surface area (Å²) in [5.41, 5.74) is 3.05. The van der Waals surface area contributed by atoms with Crippen molar-refractivity contribution in [2.24, 2.45) is 0 Å². The van der Waals surface area contributed by atoms with Crippen molar-refractivity contribution in [2.75, 3.05) is 28.8 Å². The molecule has 1 aromatic heterocycles. The van der Waals surface area contributed by atoms with E-state index in [1.54, 1.807) is 19.2 Å². The molecule has 1 atom stereocenters. The molecule has 1 aliphatic heterocycles. The predicted octanol–water partition coefficient (Wildman–Crippen LogP) is 1.97. The van der Waals surface area contributed by atoms with Gasteiger partial charge in [-0.2, -0.15) is 0 Å². The van der Waals surface area contributed by atoms with Crippen molar-refractivity contribution in [1.29, 1.82) is 0 Å². The summed E-state index contributed by atoms with van der Waals surface area (Å²) in [6.07, 6.45) is 0.579. The van der Waals surface area contributed by atoms with E-state index in [2.05, 4.69) is 15.5 Å². The summed E-state index contributed by atoms with van der Waals surface area (Å²) in [6.45, 7) is 3.94. The van der Waals surface area contributed by atoms with Crippen molar-refractivity contribution in [3.05, 3.63) is 47.2 Å². The lowest BCUT2D eigenvalue weighted by Crippen LogP contribution is -2.33. The average molecular weight is 374 g/mol. The third kappa shape index (κ3) is 4.19. The van der Waals surface area contributed by atoms with Crippen LogP contribution in [0.1, 0.15) is 28.0 Å². The molecule has 1 unspecified atom stereocenters. The Kier molecular flexibility index (Phi) is 4.95. The van der Waals surface area contributed by atoms with Gasteiger partial charge in [-0.25, -0.2) is 8.42 Å². The second-order valence-electron chi connectivity index (χ2n) is 6.78. The molecule has 0 aliphatic carbocycles. The van der Waals surface area contributed by atoms with Gasteiger partial charge < -0.3 is 10.2 Å². The summed E-state index contributed by atoms with van der Waals surface area (Å²) in [4.78, 5) is 14.2. The Morgan fingerprint density at radius 1 is 1.15 bits per heavy atom. The fourth-order valence-corrected chi connectivity index (χ4v) is 4.92. The van der Waals surface area contributed by atoms with Crippen molar-refractivity contribution in [2.45, 2.75) is 26.3 Å². The van der Waals surface area contributed by atoms with Gasteiger partial charge in [-0.1, -0.05) is 6.07 Å². The highest BCUT2D eigenvalue weighted by Crippen LogP contribution is 2.21. The van der Waals surface area contributed by atoms with E-state index in [1.807, 2.05) is 36.9 Å². The highest BCUT2D eigenvalue weighted by Gasteiger charge is 2.31. The molecule has 138 valence electrons. The van der Waals surface area contributed by atoms with Crippen LogP contribution in [0.3, 0.4) is 0 Å². The molecule has 26 heavy (non-hydrogen) atoms. The van der Waals surface area contributed by atoms with E-state index in [0.29, 0.717) is 17.9 Å². The number of rotatable bonds is 4. The highest BCUT2D eigenvalue weighted by molar-refractivity contribution is 7.91. The maximum Gasteiger partial charge on any atom is 0.276 e. The SMILES string of the molecule is Cc1cc(C)cc(NC(=O)c2ccc(N(C)C3CCS(=O)(=O)C3)nn2)c1. The van der Waals surface area contributed by atoms with Crippen LogP contribution in [0.25, 0.3) is 0 Å². The van der Waals surface area contributed by atoms with Crippen LogP contribution in [0.15, 0.2) is 30.3 Å². The molecule has 1 saturated heterocycles. The highest BCUT2D eigenvalue weighted by atomic mass is 32.2. The minimum atomic E-state index is -2.97. The number of amides is 1. The second kappa shape index (κ2) is 7.03. The molecule has 8 heteroatoms. The summed E-state index contributed by atoms with van der Waals surface area (Å²) < 4.78 is 23.3. The molecule has 0 bridgehead atoms. The van der Waals surface area contributed by atoms with Gasteiger partial charge in [0.1, 0.15) is 0 Å². The molecule has 1 N–H and O–H groups in total. The van der Waals surface area contributed by atoms with Gasteiger partial charge in [0.2, 0.25) is 0 Å². The number of anilines is 2. The molecular weight excluding hydrogens is 352 g/mol. The molecule has 1 aromatic carbocycles. The number of sulfone groups is 1. The van der Waals surface area contributed by atoms with Crippen molar-refractivity contribution >= 4 is 27.2 Å². The minimum Gasteiger partial charge on any atom is -0.354 e. The van der Waals surface area contributed by atoms with Crippen LogP contribution in [0.5, 0.6) is 0 Å². The van der Waals surface area contributed by atoms with Crippen LogP contribution >= 0.6 is 0 Å². The predicted molar refractivity (Wildman–Crippen MR) is 101 cm³/mol. The molecule has 1 fully saturated rings. The zero-order chi connectivity index (χ0) is 18.9. The molecule has 0 radical (unpaired) electrons. The lowest BCUT2D eigenvalue weighted by Gasteiger charge is -2.23. The Morgan fingerprint density at radius 2 is 1.85 bits per heavy atom. The number of hydrogen-bond donors (Lipinski definition) is 1. The number of carbonyl (C=O) groups is 1. The van der Waals surface area contributed by atoms with Gasteiger partial charge in [-0.15, -0.1) is 10.2 Å². The minimum absolute atomic E-state index is 0.107. The van der Waals surface area contributed by atoms with Gasteiger partial charge in [-0.05, 0) is 55.7 Å². The number of aromatic nitrogens is 2. The number of benzene rings is 1. The number of nitrogens with one attached hydrogen (secondary N) is 1. The van der Waals surface area contributed by atoms with Crippen molar-refractivity contribution in [3.8, 4) is 0 Å². The van der Waals surface area contributed by atoms with Gasteiger partial charge in [-0.3, -0.25) is 4.79 Å². The lowest BCUT2D eigenvalue weighted by atomic mass is 10.1. The van der Waals surface area contributed by atoms with Crippen LogP contribution < -0.4 is 10.2 Å². The zero-order valence-electron chi connectivity index (χ0n) is 15.1. The Bertz CT molecular complexity index is 906. The van der Waals surface area contributed by atoms with E-state index in [-0.39, 0.29) is 29.1 Å². The molecular formula is C18H22N4O3S. The van der Waals surface area contributed by atoms with Crippen molar-refractivity contribution in [1.82, 2.24) is 10.2 Å². The first kappa shape index (κ1) is 18.3. The molecule has 3 rings (SSSR count). The van der Waals surface area contributed by atoms with Gasteiger partial charge in [0.15, 0.2) is 21.3 Å². The first-order valence-electron chi connectivity index (χ1n) is 8.40. The fraction of sp³-hybridized carbons (Fsp3) is 0.389. The molecule has 0 spiro atoms. The van der Waals surface area contributed by atoms with E-state index in [1.165, 1.54) is 0 Å². The molecule has 1 amide bonds. The summed E-state index contributed by atoms with van der Waals surface area (Å²) in [5, 5.41) is 10.9. The number of carbonyl (C=O) groups excluding carboxylic acids is 1. The number of nitrogens with zero attached hydrogens (tertiary/aromatic N) is 3. The molecule has 2 heterocycles. The third-order valence-corrected chi connectivity index (χ3v) is 6.23. The largest absolute Gasteiger partial charge is 0.354 e. The molecule has 1 aliphatic rings. The zero-order valence-corrected chi connectivity index (χ0v) is 15.9. The van der Waals surface area contributed by atoms with Gasteiger partial charge in [0.05, 0.1) is 11.5 Å². The fourth-order valence-electron chi connectivity index (χ4n) is 3.14. The number of hydrogen-bond acceptors (Lipinski definition) is 6. The first-order chi connectivity index (χ1) is 12.2. The van der Waals surface area contributed by atoms with E-state index in [0.717, 1.165) is 11.1 Å². The van der Waals surface area contributed by atoms with Crippen LogP contribution in [0.2, 0.25) is 0 Å². The maximum absolute atomic E-state index is 12.4. The van der Waals surface area contributed by atoms with E-state index in [9.17, 15) is 13.2 Å². The number of aryl methyl sites for hydroxylation is 2. The average Bonchev–Trinajstić information content (AvgIpc) is 2.93. The quantitative estimate of drug-likeness (QED) is 0.880. The lowest BCUT2D eigenvalue weighted by molar-refractivity contribution is 0.102. The standard InChI is InChI=1S/C18H22N4O3S/c1-12-8-13(2)10-14(9-12)19-18(23)16-4-5-17(21-20-16)22(3)15-6-7-26(24,25)11-15/h4-5,8-10,15H,6-7,11H2,1-3H3,(H,19,23). The van der Waals surface area contributed by atoms with E-state index < -0.39 is 9.84 Å².